The first-order valence-electron chi connectivity index (χ1n) is 6.07. The SMILES string of the molecule is CC=N/N=C1\NC(=O)C(CC(=O)Nc2ccccc2)S1. The Kier molecular flexibility index (Phi) is 4.89. The second kappa shape index (κ2) is 6.85. The molecule has 1 heterocycles. The van der Waals surface area contributed by atoms with E-state index in [1.54, 1.807) is 19.1 Å². The van der Waals surface area contributed by atoms with E-state index in [-0.39, 0.29) is 18.2 Å². The Morgan fingerprint density at radius 3 is 2.90 bits per heavy atom. The van der Waals surface area contributed by atoms with Gasteiger partial charge in [-0.1, -0.05) is 30.0 Å². The number of nitrogens with zero attached hydrogens (tertiary/aromatic N) is 2. The van der Waals surface area contributed by atoms with Gasteiger partial charge >= 0.3 is 0 Å². The number of anilines is 1. The van der Waals surface area contributed by atoms with Gasteiger partial charge in [0.2, 0.25) is 11.8 Å². The van der Waals surface area contributed by atoms with Gasteiger partial charge in [0.25, 0.3) is 0 Å². The predicted octanol–water partition coefficient (Wildman–Crippen LogP) is 1.61. The minimum absolute atomic E-state index is 0.0975. The van der Waals surface area contributed by atoms with Gasteiger partial charge in [-0.2, -0.15) is 5.10 Å². The van der Waals surface area contributed by atoms with Gasteiger partial charge in [-0.3, -0.25) is 9.59 Å². The van der Waals surface area contributed by atoms with Crippen molar-refractivity contribution < 1.29 is 9.59 Å². The molecule has 0 aliphatic carbocycles. The van der Waals surface area contributed by atoms with E-state index in [1.807, 2.05) is 18.2 Å². The molecule has 104 valence electrons. The Balaban J connectivity index is 1.90. The highest BCUT2D eigenvalue weighted by molar-refractivity contribution is 8.15. The summed E-state index contributed by atoms with van der Waals surface area (Å²) in [6, 6.07) is 9.12. The molecular weight excluding hydrogens is 276 g/mol. The molecule has 2 N–H and O–H groups in total. The first kappa shape index (κ1) is 14.3. The number of amides is 2. The number of hydrogen-bond donors (Lipinski definition) is 2. The molecule has 1 aliphatic rings. The zero-order valence-electron chi connectivity index (χ0n) is 10.9. The maximum absolute atomic E-state index is 11.9. The molecule has 7 heteroatoms. The van der Waals surface area contributed by atoms with Gasteiger partial charge in [0.15, 0.2) is 5.17 Å². The summed E-state index contributed by atoms with van der Waals surface area (Å²) >= 11 is 1.21. The number of para-hydroxylation sites is 1. The summed E-state index contributed by atoms with van der Waals surface area (Å²) in [6.07, 6.45) is 1.62. The molecule has 0 radical (unpaired) electrons. The third-order valence-electron chi connectivity index (χ3n) is 2.47. The molecule has 0 bridgehead atoms. The molecule has 1 unspecified atom stereocenters. The second-order valence-corrected chi connectivity index (χ2v) is 5.18. The normalized spacial score (nSPS) is 20.4. The van der Waals surface area contributed by atoms with E-state index in [0.29, 0.717) is 10.9 Å². The zero-order valence-corrected chi connectivity index (χ0v) is 11.7. The van der Waals surface area contributed by atoms with Crippen molar-refractivity contribution in [1.82, 2.24) is 5.32 Å². The van der Waals surface area contributed by atoms with E-state index in [0.717, 1.165) is 0 Å². The third-order valence-corrected chi connectivity index (χ3v) is 3.54. The number of carbonyl (C=O) groups excluding carboxylic acids is 2. The Morgan fingerprint density at radius 2 is 2.20 bits per heavy atom. The molecule has 2 rings (SSSR count). The predicted molar refractivity (Wildman–Crippen MR) is 80.8 cm³/mol. The standard InChI is InChI=1S/C13H14N4O2S/c1-2-14-17-13-16-12(19)10(20-13)8-11(18)15-9-6-4-3-5-7-9/h2-7,10H,8H2,1H3,(H,15,18)(H,16,17,19). The largest absolute Gasteiger partial charge is 0.326 e. The van der Waals surface area contributed by atoms with Crippen molar-refractivity contribution in [2.75, 3.05) is 5.32 Å². The lowest BCUT2D eigenvalue weighted by molar-refractivity contribution is -0.122. The molecule has 0 saturated carbocycles. The summed E-state index contributed by atoms with van der Waals surface area (Å²) in [4.78, 5) is 23.6. The molecule has 1 aromatic carbocycles. The number of amidine groups is 1. The fourth-order valence-corrected chi connectivity index (χ4v) is 2.52. The Bertz CT molecular complexity index is 557. The zero-order chi connectivity index (χ0) is 14.4. The van der Waals surface area contributed by atoms with Crippen molar-refractivity contribution in [1.29, 1.82) is 0 Å². The summed E-state index contributed by atoms with van der Waals surface area (Å²) in [6.45, 7) is 1.73. The second-order valence-electron chi connectivity index (χ2n) is 3.99. The molecule has 1 aromatic rings. The van der Waals surface area contributed by atoms with E-state index in [1.165, 1.54) is 18.0 Å². The summed E-state index contributed by atoms with van der Waals surface area (Å²) in [5, 5.41) is 12.8. The molecule has 1 saturated heterocycles. The van der Waals surface area contributed by atoms with Crippen molar-refractivity contribution >= 4 is 40.6 Å². The molecule has 0 aromatic heterocycles. The van der Waals surface area contributed by atoms with Gasteiger partial charge in [-0.15, -0.1) is 5.10 Å². The highest BCUT2D eigenvalue weighted by Gasteiger charge is 2.32. The molecule has 1 atom stereocenters. The number of benzene rings is 1. The summed E-state index contributed by atoms with van der Waals surface area (Å²) < 4.78 is 0. The lowest BCUT2D eigenvalue weighted by Gasteiger charge is -2.06. The first-order chi connectivity index (χ1) is 9.69. The van der Waals surface area contributed by atoms with Crippen LogP contribution in [0.4, 0.5) is 5.69 Å². The van der Waals surface area contributed by atoms with Crippen LogP contribution in [0, 0.1) is 0 Å². The maximum atomic E-state index is 11.9. The lowest BCUT2D eigenvalue weighted by atomic mass is 10.2. The first-order valence-corrected chi connectivity index (χ1v) is 6.95. The fraction of sp³-hybridized carbons (Fsp3) is 0.231. The topological polar surface area (TPSA) is 82.9 Å². The molecule has 1 aliphatic heterocycles. The Morgan fingerprint density at radius 1 is 1.45 bits per heavy atom. The van der Waals surface area contributed by atoms with E-state index >= 15 is 0 Å². The molecule has 20 heavy (non-hydrogen) atoms. The minimum atomic E-state index is -0.468. The molecule has 2 amide bonds. The van der Waals surface area contributed by atoms with Crippen LogP contribution in [-0.2, 0) is 9.59 Å². The van der Waals surface area contributed by atoms with E-state index < -0.39 is 5.25 Å². The number of hydrogen-bond acceptors (Lipinski definition) is 5. The van der Waals surface area contributed by atoms with Crippen molar-refractivity contribution in [3.8, 4) is 0 Å². The molecular formula is C13H14N4O2S. The lowest BCUT2D eigenvalue weighted by Crippen LogP contribution is -2.28. The smallest absolute Gasteiger partial charge is 0.240 e. The molecule has 6 nitrogen and oxygen atoms in total. The van der Waals surface area contributed by atoms with Crippen molar-refractivity contribution in [3.05, 3.63) is 30.3 Å². The van der Waals surface area contributed by atoms with Crippen LogP contribution in [0.15, 0.2) is 40.5 Å². The van der Waals surface area contributed by atoms with Gasteiger partial charge in [0, 0.05) is 18.3 Å². The monoisotopic (exact) mass is 290 g/mol. The van der Waals surface area contributed by atoms with Crippen LogP contribution in [0.25, 0.3) is 0 Å². The summed E-state index contributed by atoms with van der Waals surface area (Å²) in [5.74, 6) is -0.424. The third kappa shape index (κ3) is 3.92. The highest BCUT2D eigenvalue weighted by Crippen LogP contribution is 2.23. The summed E-state index contributed by atoms with van der Waals surface area (Å²) in [5.41, 5.74) is 0.713. The van der Waals surface area contributed by atoms with Crippen LogP contribution >= 0.6 is 11.8 Å². The van der Waals surface area contributed by atoms with Gasteiger partial charge in [0.1, 0.15) is 5.25 Å². The van der Waals surface area contributed by atoms with E-state index in [9.17, 15) is 9.59 Å². The van der Waals surface area contributed by atoms with E-state index in [4.69, 9.17) is 0 Å². The van der Waals surface area contributed by atoms with Gasteiger partial charge < -0.3 is 10.6 Å². The Hall–Kier alpha value is -2.15. The van der Waals surface area contributed by atoms with Gasteiger partial charge in [-0.25, -0.2) is 0 Å². The van der Waals surface area contributed by atoms with Crippen LogP contribution in [0.3, 0.4) is 0 Å². The van der Waals surface area contributed by atoms with Crippen molar-refractivity contribution in [2.24, 2.45) is 10.2 Å². The van der Waals surface area contributed by atoms with Crippen LogP contribution in [0.5, 0.6) is 0 Å². The number of thioether (sulfide) groups is 1. The number of rotatable bonds is 4. The maximum Gasteiger partial charge on any atom is 0.240 e. The number of carbonyl (C=O) groups is 2. The van der Waals surface area contributed by atoms with Crippen LogP contribution in [0.1, 0.15) is 13.3 Å². The Labute approximate surface area is 120 Å². The minimum Gasteiger partial charge on any atom is -0.326 e. The van der Waals surface area contributed by atoms with Crippen LogP contribution in [0.2, 0.25) is 0 Å². The highest BCUT2D eigenvalue weighted by atomic mass is 32.2. The van der Waals surface area contributed by atoms with Crippen LogP contribution < -0.4 is 10.6 Å². The molecule has 0 spiro atoms. The van der Waals surface area contributed by atoms with Gasteiger partial charge in [-0.05, 0) is 19.1 Å². The fourth-order valence-electron chi connectivity index (χ4n) is 1.60. The van der Waals surface area contributed by atoms with Crippen molar-refractivity contribution in [2.45, 2.75) is 18.6 Å². The van der Waals surface area contributed by atoms with Crippen LogP contribution in [-0.4, -0.2) is 28.4 Å². The van der Waals surface area contributed by atoms with Crippen molar-refractivity contribution in [3.63, 3.8) is 0 Å². The average Bonchev–Trinajstić information content (AvgIpc) is 2.78. The molecule has 1 fully saturated rings. The van der Waals surface area contributed by atoms with Gasteiger partial charge in [0.05, 0.1) is 0 Å². The van der Waals surface area contributed by atoms with E-state index in [2.05, 4.69) is 20.8 Å². The summed E-state index contributed by atoms with van der Waals surface area (Å²) in [7, 11) is 0. The average molecular weight is 290 g/mol. The number of nitrogens with one attached hydrogen (secondary N) is 2. The quantitative estimate of drug-likeness (QED) is 0.653.